The van der Waals surface area contributed by atoms with Crippen molar-refractivity contribution < 1.29 is 9.57 Å². The van der Waals surface area contributed by atoms with Gasteiger partial charge in [0, 0.05) is 0 Å². The summed E-state index contributed by atoms with van der Waals surface area (Å²) in [4.78, 5) is 4.51. The largest absolute Gasteiger partial charge is 0.471 e. The Balaban J connectivity index is 2.26. The first-order valence-electron chi connectivity index (χ1n) is 1.64. The van der Waals surface area contributed by atoms with E-state index in [0.717, 1.165) is 0 Å². The van der Waals surface area contributed by atoms with Gasteiger partial charge in [-0.3, -0.25) is 5.48 Å². The highest BCUT2D eigenvalue weighted by molar-refractivity contribution is 4.66. The molecule has 0 aliphatic carbocycles. The first-order valence-corrected chi connectivity index (χ1v) is 1.64. The minimum Gasteiger partial charge on any atom is -0.471 e. The van der Waals surface area contributed by atoms with Crippen molar-refractivity contribution in [3.8, 4) is 0 Å². The predicted molar refractivity (Wildman–Crippen MR) is 19.3 cm³/mol. The van der Waals surface area contributed by atoms with Crippen molar-refractivity contribution in [3.05, 3.63) is 12.5 Å². The Morgan fingerprint density at radius 2 is 2.67 bits per heavy atom. The van der Waals surface area contributed by atoms with Gasteiger partial charge in [-0.1, -0.05) is 0 Å². The highest BCUT2D eigenvalue weighted by Gasteiger charge is 1.83. The SMILES string of the molecule is C1=COCON1. The predicted octanol–water partition coefficient (Wildman–Crippen LogP) is -0.0335. The lowest BCUT2D eigenvalue weighted by molar-refractivity contribution is -0.0695. The molecule has 0 aromatic carbocycles. The molecular formula is C3H5NO2. The number of hydrogen-bond donors (Lipinski definition) is 1. The standard InChI is InChI=1S/C3H5NO2/c1-2-5-3-6-4-1/h1-2,4H,3H2. The van der Waals surface area contributed by atoms with Gasteiger partial charge in [0.25, 0.3) is 0 Å². The molecule has 0 bridgehead atoms. The third kappa shape index (κ3) is 0.621. The highest BCUT2D eigenvalue weighted by Crippen LogP contribution is 1.81. The van der Waals surface area contributed by atoms with E-state index in [4.69, 9.17) is 0 Å². The van der Waals surface area contributed by atoms with Crippen LogP contribution in [0, 0.1) is 0 Å². The fraction of sp³-hybridized carbons (Fsp3) is 0.333. The van der Waals surface area contributed by atoms with Crippen LogP contribution >= 0.6 is 0 Å². The van der Waals surface area contributed by atoms with Crippen molar-refractivity contribution in [2.75, 3.05) is 6.79 Å². The molecule has 1 N–H and O–H groups in total. The molecule has 0 radical (unpaired) electrons. The summed E-state index contributed by atoms with van der Waals surface area (Å²) in [6, 6.07) is 0. The average molecular weight is 87.1 g/mol. The molecule has 1 rings (SSSR count). The number of rotatable bonds is 0. The summed E-state index contributed by atoms with van der Waals surface area (Å²) >= 11 is 0. The molecule has 6 heavy (non-hydrogen) atoms. The minimum absolute atomic E-state index is 0.302. The van der Waals surface area contributed by atoms with Gasteiger partial charge in [-0.2, -0.15) is 0 Å². The normalized spacial score (nSPS) is 18.7. The molecule has 34 valence electrons. The summed E-state index contributed by atoms with van der Waals surface area (Å²) in [6.07, 6.45) is 3.10. The molecule has 3 nitrogen and oxygen atoms in total. The van der Waals surface area contributed by atoms with Gasteiger partial charge in [-0.25, -0.2) is 4.84 Å². The van der Waals surface area contributed by atoms with E-state index < -0.39 is 0 Å². The second kappa shape index (κ2) is 1.67. The van der Waals surface area contributed by atoms with Gasteiger partial charge in [-0.05, 0) is 0 Å². The zero-order valence-corrected chi connectivity index (χ0v) is 3.18. The summed E-state index contributed by atoms with van der Waals surface area (Å²) in [5.74, 6) is 0. The Bertz CT molecular complexity index is 53.8. The molecule has 0 aromatic heterocycles. The third-order valence-corrected chi connectivity index (χ3v) is 0.443. The van der Waals surface area contributed by atoms with Gasteiger partial charge in [0.2, 0.25) is 6.79 Å². The zero-order valence-electron chi connectivity index (χ0n) is 3.18. The second-order valence-electron chi connectivity index (χ2n) is 0.849. The van der Waals surface area contributed by atoms with Crippen molar-refractivity contribution in [1.82, 2.24) is 5.48 Å². The number of hydrogen-bond acceptors (Lipinski definition) is 3. The van der Waals surface area contributed by atoms with Gasteiger partial charge in [-0.15, -0.1) is 0 Å². The molecule has 3 heteroatoms. The molecule has 0 unspecified atom stereocenters. The van der Waals surface area contributed by atoms with E-state index in [9.17, 15) is 0 Å². The molecular weight excluding hydrogens is 82.0 g/mol. The van der Waals surface area contributed by atoms with E-state index >= 15 is 0 Å². The van der Waals surface area contributed by atoms with Crippen molar-refractivity contribution in [2.24, 2.45) is 0 Å². The van der Waals surface area contributed by atoms with Gasteiger partial charge in [0.15, 0.2) is 0 Å². The maximum absolute atomic E-state index is 4.60. The smallest absolute Gasteiger partial charge is 0.212 e. The van der Waals surface area contributed by atoms with Crippen LogP contribution in [0.2, 0.25) is 0 Å². The van der Waals surface area contributed by atoms with E-state index in [2.05, 4.69) is 15.1 Å². The lowest BCUT2D eigenvalue weighted by Crippen LogP contribution is -2.12. The molecule has 0 aromatic rings. The topological polar surface area (TPSA) is 30.5 Å². The Morgan fingerprint density at radius 3 is 2.83 bits per heavy atom. The Kier molecular flexibility index (Phi) is 0.969. The van der Waals surface area contributed by atoms with Crippen LogP contribution in [0.3, 0.4) is 0 Å². The number of nitrogens with one attached hydrogen (secondary N) is 1. The molecule has 0 saturated heterocycles. The van der Waals surface area contributed by atoms with Gasteiger partial charge < -0.3 is 4.74 Å². The van der Waals surface area contributed by atoms with Crippen LogP contribution in [0.4, 0.5) is 0 Å². The third-order valence-electron chi connectivity index (χ3n) is 0.443. The van der Waals surface area contributed by atoms with E-state index in [-0.39, 0.29) is 0 Å². The van der Waals surface area contributed by atoms with Crippen molar-refractivity contribution >= 4 is 0 Å². The second-order valence-corrected chi connectivity index (χ2v) is 0.849. The van der Waals surface area contributed by atoms with Crippen LogP contribution in [0.25, 0.3) is 0 Å². The van der Waals surface area contributed by atoms with Crippen molar-refractivity contribution in [3.63, 3.8) is 0 Å². The number of ether oxygens (including phenoxy) is 1. The molecule has 1 aliphatic rings. The average Bonchev–Trinajstić information content (AvgIpc) is 1.72. The molecule has 0 fully saturated rings. The lowest BCUT2D eigenvalue weighted by Gasteiger charge is -2.05. The Morgan fingerprint density at radius 1 is 1.67 bits per heavy atom. The minimum atomic E-state index is 0.302. The molecule has 0 amide bonds. The van der Waals surface area contributed by atoms with Gasteiger partial charge in [0.1, 0.15) is 6.26 Å². The summed E-state index contributed by atoms with van der Waals surface area (Å²) in [5, 5.41) is 0. The van der Waals surface area contributed by atoms with E-state index in [1.165, 1.54) is 6.26 Å². The van der Waals surface area contributed by atoms with Crippen molar-refractivity contribution in [1.29, 1.82) is 0 Å². The van der Waals surface area contributed by atoms with Gasteiger partial charge >= 0.3 is 0 Å². The van der Waals surface area contributed by atoms with Crippen LogP contribution in [0.15, 0.2) is 12.5 Å². The van der Waals surface area contributed by atoms with Crippen LogP contribution in [-0.4, -0.2) is 6.79 Å². The fourth-order valence-corrected chi connectivity index (χ4v) is 0.231. The van der Waals surface area contributed by atoms with Gasteiger partial charge in [0.05, 0.1) is 6.20 Å². The molecule has 1 heterocycles. The molecule has 0 atom stereocenters. The van der Waals surface area contributed by atoms with Crippen LogP contribution < -0.4 is 5.48 Å². The van der Waals surface area contributed by atoms with E-state index in [1.807, 2.05) is 0 Å². The molecule has 0 saturated carbocycles. The monoisotopic (exact) mass is 87.0 g/mol. The molecule has 0 spiro atoms. The first kappa shape index (κ1) is 3.49. The first-order chi connectivity index (χ1) is 3.00. The van der Waals surface area contributed by atoms with Crippen LogP contribution in [-0.2, 0) is 9.57 Å². The quantitative estimate of drug-likeness (QED) is 0.450. The maximum atomic E-state index is 4.60. The maximum Gasteiger partial charge on any atom is 0.212 e. The lowest BCUT2D eigenvalue weighted by atomic mass is 11.0. The summed E-state index contributed by atoms with van der Waals surface area (Å²) in [5.41, 5.74) is 2.48. The van der Waals surface area contributed by atoms with Crippen molar-refractivity contribution in [2.45, 2.75) is 0 Å². The fourth-order valence-electron chi connectivity index (χ4n) is 0.231. The highest BCUT2D eigenvalue weighted by atomic mass is 16.8. The molecule has 1 aliphatic heterocycles. The summed E-state index contributed by atoms with van der Waals surface area (Å²) in [7, 11) is 0. The van der Waals surface area contributed by atoms with E-state index in [1.54, 1.807) is 6.20 Å². The van der Waals surface area contributed by atoms with E-state index in [0.29, 0.717) is 6.79 Å². The summed E-state index contributed by atoms with van der Waals surface area (Å²) < 4.78 is 4.60. The van der Waals surface area contributed by atoms with Crippen LogP contribution in [0.5, 0.6) is 0 Å². The van der Waals surface area contributed by atoms with Crippen LogP contribution in [0.1, 0.15) is 0 Å². The Labute approximate surface area is 35.5 Å². The number of hydroxylamine groups is 1. The Hall–Kier alpha value is -0.700. The summed E-state index contributed by atoms with van der Waals surface area (Å²) in [6.45, 7) is 0.302. The zero-order chi connectivity index (χ0) is 4.24.